The summed E-state index contributed by atoms with van der Waals surface area (Å²) in [6, 6.07) is 6.21. The largest absolute Gasteiger partial charge is 0.375 e. The van der Waals surface area contributed by atoms with Crippen LogP contribution in [0.1, 0.15) is 11.3 Å². The van der Waals surface area contributed by atoms with Crippen LogP contribution >= 0.6 is 11.3 Å². The first-order chi connectivity index (χ1) is 9.04. The molecule has 0 saturated heterocycles. The molecule has 4 nitrogen and oxygen atoms in total. The number of likely N-dealkylation sites (N-methyl/N-ethyl adjacent to an activating group) is 1. The molecule has 19 heavy (non-hydrogen) atoms. The van der Waals surface area contributed by atoms with E-state index in [1.807, 2.05) is 0 Å². The maximum Gasteiger partial charge on any atom is 0.228 e. The predicted octanol–water partition coefficient (Wildman–Crippen LogP) is 2.07. The number of benzene rings is 1. The Hall–Kier alpha value is -1.95. The van der Waals surface area contributed by atoms with E-state index in [4.69, 9.17) is 5.73 Å². The van der Waals surface area contributed by atoms with Gasteiger partial charge in [-0.1, -0.05) is 12.1 Å². The van der Waals surface area contributed by atoms with Crippen LogP contribution in [-0.2, 0) is 17.8 Å². The predicted molar refractivity (Wildman–Crippen MR) is 73.1 cm³/mol. The van der Waals surface area contributed by atoms with E-state index < -0.39 is 0 Å². The van der Waals surface area contributed by atoms with E-state index in [1.54, 1.807) is 29.5 Å². The van der Waals surface area contributed by atoms with Gasteiger partial charge in [0, 0.05) is 19.0 Å². The van der Waals surface area contributed by atoms with Crippen molar-refractivity contribution < 1.29 is 9.18 Å². The summed E-state index contributed by atoms with van der Waals surface area (Å²) in [4.78, 5) is 17.6. The van der Waals surface area contributed by atoms with Gasteiger partial charge in [0.05, 0.1) is 12.1 Å². The lowest BCUT2D eigenvalue weighted by molar-refractivity contribution is -0.129. The number of amides is 1. The second-order valence-electron chi connectivity index (χ2n) is 4.23. The van der Waals surface area contributed by atoms with E-state index >= 15 is 0 Å². The first-order valence-corrected chi connectivity index (χ1v) is 6.61. The van der Waals surface area contributed by atoms with E-state index in [1.165, 1.54) is 23.5 Å². The number of aromatic nitrogens is 1. The van der Waals surface area contributed by atoms with Gasteiger partial charge in [0.25, 0.3) is 0 Å². The molecule has 0 aliphatic heterocycles. The van der Waals surface area contributed by atoms with E-state index in [-0.39, 0.29) is 18.1 Å². The summed E-state index contributed by atoms with van der Waals surface area (Å²) in [5.41, 5.74) is 6.93. The summed E-state index contributed by atoms with van der Waals surface area (Å²) >= 11 is 1.31. The Balaban J connectivity index is 1.96. The number of hydrogen-bond donors (Lipinski definition) is 1. The van der Waals surface area contributed by atoms with Gasteiger partial charge in [0.15, 0.2) is 5.13 Å². The fourth-order valence-electron chi connectivity index (χ4n) is 1.69. The number of halogens is 1. The minimum atomic E-state index is -0.300. The molecule has 0 aliphatic carbocycles. The van der Waals surface area contributed by atoms with Crippen molar-refractivity contribution in [2.45, 2.75) is 13.0 Å². The standard InChI is InChI=1S/C13H14FN3OS/c1-17(7-9-3-2-4-10(14)5-9)12(18)6-11-8-19-13(15)16-11/h2-5,8H,6-7H2,1H3,(H2,15,16). The number of thiazole rings is 1. The molecule has 0 fully saturated rings. The third-order valence-corrected chi connectivity index (χ3v) is 3.36. The zero-order valence-electron chi connectivity index (χ0n) is 10.5. The molecule has 0 atom stereocenters. The molecule has 0 aliphatic rings. The zero-order chi connectivity index (χ0) is 13.8. The van der Waals surface area contributed by atoms with Gasteiger partial charge in [-0.25, -0.2) is 9.37 Å². The Bertz CT molecular complexity index is 585. The van der Waals surface area contributed by atoms with Crippen molar-refractivity contribution in [1.29, 1.82) is 0 Å². The lowest BCUT2D eigenvalue weighted by atomic mass is 10.2. The average molecular weight is 279 g/mol. The van der Waals surface area contributed by atoms with Crippen LogP contribution in [-0.4, -0.2) is 22.8 Å². The summed E-state index contributed by atoms with van der Waals surface area (Å²) in [6.07, 6.45) is 0.208. The topological polar surface area (TPSA) is 59.2 Å². The smallest absolute Gasteiger partial charge is 0.228 e. The number of carbonyl (C=O) groups is 1. The summed E-state index contributed by atoms with van der Waals surface area (Å²) in [6.45, 7) is 0.371. The quantitative estimate of drug-likeness (QED) is 0.932. The molecule has 2 aromatic rings. The lowest BCUT2D eigenvalue weighted by Gasteiger charge is -2.16. The molecule has 0 radical (unpaired) electrons. The van der Waals surface area contributed by atoms with E-state index in [9.17, 15) is 9.18 Å². The Labute approximate surface area is 114 Å². The highest BCUT2D eigenvalue weighted by Crippen LogP contribution is 2.13. The van der Waals surface area contributed by atoms with Crippen LogP contribution in [0.5, 0.6) is 0 Å². The van der Waals surface area contributed by atoms with Crippen molar-refractivity contribution in [3.63, 3.8) is 0 Å². The van der Waals surface area contributed by atoms with Gasteiger partial charge in [-0.15, -0.1) is 11.3 Å². The number of rotatable bonds is 4. The van der Waals surface area contributed by atoms with Gasteiger partial charge in [0.2, 0.25) is 5.91 Å². The molecule has 1 amide bonds. The number of nitrogen functional groups attached to an aromatic ring is 1. The van der Waals surface area contributed by atoms with Gasteiger partial charge >= 0.3 is 0 Å². The summed E-state index contributed by atoms with van der Waals surface area (Å²) in [5.74, 6) is -0.375. The molecule has 100 valence electrons. The van der Waals surface area contributed by atoms with E-state index in [0.29, 0.717) is 17.4 Å². The highest BCUT2D eigenvalue weighted by Gasteiger charge is 2.12. The van der Waals surface area contributed by atoms with Crippen molar-refractivity contribution in [2.24, 2.45) is 0 Å². The maximum absolute atomic E-state index is 13.0. The van der Waals surface area contributed by atoms with Crippen LogP contribution < -0.4 is 5.73 Å². The molecule has 1 heterocycles. The highest BCUT2D eigenvalue weighted by atomic mass is 32.1. The second-order valence-corrected chi connectivity index (χ2v) is 5.12. The summed E-state index contributed by atoms with van der Waals surface area (Å²) in [7, 11) is 1.68. The third kappa shape index (κ3) is 3.75. The Morgan fingerprint density at radius 3 is 2.95 bits per heavy atom. The number of nitrogens with zero attached hydrogens (tertiary/aromatic N) is 2. The molecular formula is C13H14FN3OS. The number of anilines is 1. The first kappa shape index (κ1) is 13.5. The zero-order valence-corrected chi connectivity index (χ0v) is 11.3. The first-order valence-electron chi connectivity index (χ1n) is 5.73. The van der Waals surface area contributed by atoms with Gasteiger partial charge in [-0.3, -0.25) is 4.79 Å². The minimum absolute atomic E-state index is 0.0745. The summed E-state index contributed by atoms with van der Waals surface area (Å²) in [5, 5.41) is 2.22. The number of nitrogens with two attached hydrogens (primary N) is 1. The Kier molecular flexibility index (Phi) is 4.11. The minimum Gasteiger partial charge on any atom is -0.375 e. The van der Waals surface area contributed by atoms with Gasteiger partial charge in [-0.2, -0.15) is 0 Å². The van der Waals surface area contributed by atoms with Crippen LogP contribution in [0, 0.1) is 5.82 Å². The van der Waals surface area contributed by atoms with Crippen molar-refractivity contribution >= 4 is 22.4 Å². The Morgan fingerprint density at radius 1 is 1.53 bits per heavy atom. The highest BCUT2D eigenvalue weighted by molar-refractivity contribution is 7.13. The normalized spacial score (nSPS) is 10.4. The Morgan fingerprint density at radius 2 is 2.32 bits per heavy atom. The molecule has 0 bridgehead atoms. The SMILES string of the molecule is CN(Cc1cccc(F)c1)C(=O)Cc1csc(N)n1. The van der Waals surface area contributed by atoms with E-state index in [2.05, 4.69) is 4.98 Å². The van der Waals surface area contributed by atoms with Gasteiger partial charge in [0.1, 0.15) is 5.82 Å². The fourth-order valence-corrected chi connectivity index (χ4v) is 2.25. The van der Waals surface area contributed by atoms with Gasteiger partial charge in [-0.05, 0) is 17.7 Å². The molecule has 1 aromatic carbocycles. The number of carbonyl (C=O) groups excluding carboxylic acids is 1. The second kappa shape index (κ2) is 5.79. The van der Waals surface area contributed by atoms with E-state index in [0.717, 1.165) is 5.56 Å². The van der Waals surface area contributed by atoms with Crippen LogP contribution in [0.3, 0.4) is 0 Å². The number of hydrogen-bond acceptors (Lipinski definition) is 4. The monoisotopic (exact) mass is 279 g/mol. The molecule has 2 rings (SSSR count). The van der Waals surface area contributed by atoms with Crippen molar-refractivity contribution in [3.05, 3.63) is 46.7 Å². The van der Waals surface area contributed by atoms with Crippen LogP contribution in [0.25, 0.3) is 0 Å². The molecule has 6 heteroatoms. The lowest BCUT2D eigenvalue weighted by Crippen LogP contribution is -2.27. The molecule has 2 N–H and O–H groups in total. The van der Waals surface area contributed by atoms with Crippen LogP contribution in [0.15, 0.2) is 29.6 Å². The average Bonchev–Trinajstić information content (AvgIpc) is 2.74. The molecule has 1 aromatic heterocycles. The van der Waals surface area contributed by atoms with Crippen molar-refractivity contribution in [2.75, 3.05) is 12.8 Å². The maximum atomic E-state index is 13.0. The fraction of sp³-hybridized carbons (Fsp3) is 0.231. The van der Waals surface area contributed by atoms with Crippen molar-refractivity contribution in [1.82, 2.24) is 9.88 Å². The molecule has 0 saturated carbocycles. The van der Waals surface area contributed by atoms with Gasteiger partial charge < -0.3 is 10.6 Å². The third-order valence-electron chi connectivity index (χ3n) is 2.64. The summed E-state index contributed by atoms with van der Waals surface area (Å²) < 4.78 is 13.0. The van der Waals surface area contributed by atoms with Crippen molar-refractivity contribution in [3.8, 4) is 0 Å². The molecule has 0 spiro atoms. The molecule has 0 unspecified atom stereocenters. The molecular weight excluding hydrogens is 265 g/mol. The van der Waals surface area contributed by atoms with Crippen LogP contribution in [0.4, 0.5) is 9.52 Å². The van der Waals surface area contributed by atoms with Crippen LogP contribution in [0.2, 0.25) is 0 Å².